The number of likely N-dealkylation sites (N-methyl/N-ethyl adjacent to an activating group) is 1. The Morgan fingerprint density at radius 1 is 1.34 bits per heavy atom. The number of hydrogen-bond acceptors (Lipinski definition) is 6. The van der Waals surface area contributed by atoms with Crippen molar-refractivity contribution in [3.63, 3.8) is 0 Å². The maximum Gasteiger partial charge on any atom is 0.240 e. The zero-order chi connectivity index (χ0) is 21.3. The Morgan fingerprint density at radius 2 is 2.00 bits per heavy atom. The van der Waals surface area contributed by atoms with Gasteiger partial charge < -0.3 is 9.64 Å². The van der Waals surface area contributed by atoms with Crippen molar-refractivity contribution in [2.45, 2.75) is 38.1 Å². The number of aromatic nitrogens is 1. The summed E-state index contributed by atoms with van der Waals surface area (Å²) in [6, 6.07) is 6.76. The molecule has 0 radical (unpaired) electrons. The average Bonchev–Trinajstić information content (AvgIpc) is 3.24. The number of carbonyl (C=O) groups is 3. The summed E-state index contributed by atoms with van der Waals surface area (Å²) in [6.45, 7) is 3.82. The molecule has 0 spiro atoms. The van der Waals surface area contributed by atoms with Gasteiger partial charge in [-0.15, -0.1) is 11.3 Å². The zero-order valence-corrected chi connectivity index (χ0v) is 18.1. The number of ether oxygens (including phenoxy) is 1. The number of methoxy groups -OCH3 is 1. The maximum absolute atomic E-state index is 13.2. The molecule has 0 unspecified atom stereocenters. The van der Waals surface area contributed by atoms with Gasteiger partial charge in [-0.05, 0) is 31.5 Å². The van der Waals surface area contributed by atoms with Gasteiger partial charge in [0.15, 0.2) is 0 Å². The lowest BCUT2D eigenvalue weighted by Gasteiger charge is -2.30. The van der Waals surface area contributed by atoms with Gasteiger partial charge in [0.05, 0.1) is 18.6 Å². The summed E-state index contributed by atoms with van der Waals surface area (Å²) in [7, 11) is 4.73. The van der Waals surface area contributed by atoms with Crippen LogP contribution in [0.1, 0.15) is 42.1 Å². The minimum atomic E-state index is -1.21. The molecule has 1 saturated heterocycles. The first-order valence-corrected chi connectivity index (χ1v) is 10.2. The minimum absolute atomic E-state index is 0.0288. The Labute approximate surface area is 174 Å². The van der Waals surface area contributed by atoms with Crippen molar-refractivity contribution in [3.05, 3.63) is 45.9 Å². The second-order valence-corrected chi connectivity index (χ2v) is 8.32. The molecule has 1 aliphatic rings. The highest BCUT2D eigenvalue weighted by molar-refractivity contribution is 7.09. The summed E-state index contributed by atoms with van der Waals surface area (Å²) in [5.41, 5.74) is 0.341. The van der Waals surface area contributed by atoms with Crippen molar-refractivity contribution >= 4 is 29.1 Å². The Morgan fingerprint density at radius 3 is 2.48 bits per heavy atom. The quantitative estimate of drug-likeness (QED) is 0.678. The molecule has 0 aliphatic carbocycles. The molecule has 1 aromatic heterocycles. The van der Waals surface area contributed by atoms with E-state index in [9.17, 15) is 14.4 Å². The zero-order valence-electron chi connectivity index (χ0n) is 17.3. The van der Waals surface area contributed by atoms with Crippen LogP contribution in [0.4, 0.5) is 0 Å². The van der Waals surface area contributed by atoms with Crippen LogP contribution >= 0.6 is 11.3 Å². The monoisotopic (exact) mass is 415 g/mol. The first-order valence-electron chi connectivity index (χ1n) is 9.33. The van der Waals surface area contributed by atoms with Gasteiger partial charge in [-0.2, -0.15) is 0 Å². The van der Waals surface area contributed by atoms with Crippen LogP contribution in [0.5, 0.6) is 5.75 Å². The van der Waals surface area contributed by atoms with Crippen LogP contribution in [0.2, 0.25) is 0 Å². The van der Waals surface area contributed by atoms with Gasteiger partial charge in [-0.3, -0.25) is 19.3 Å². The van der Waals surface area contributed by atoms with Crippen molar-refractivity contribution in [2.24, 2.45) is 0 Å². The molecule has 0 bridgehead atoms. The molecule has 29 heavy (non-hydrogen) atoms. The number of hydrogen-bond donors (Lipinski definition) is 0. The Balaban J connectivity index is 1.92. The molecule has 8 heteroatoms. The fraction of sp³-hybridized carbons (Fsp3) is 0.429. The van der Waals surface area contributed by atoms with Crippen molar-refractivity contribution in [3.8, 4) is 5.75 Å². The fourth-order valence-electron chi connectivity index (χ4n) is 3.59. The molecule has 1 fully saturated rings. The first kappa shape index (κ1) is 21.0. The van der Waals surface area contributed by atoms with E-state index in [2.05, 4.69) is 4.98 Å². The van der Waals surface area contributed by atoms with Crippen LogP contribution in [0.3, 0.4) is 0 Å². The Kier molecular flexibility index (Phi) is 5.75. The number of likely N-dealkylation sites (tertiary alicyclic amines) is 1. The van der Waals surface area contributed by atoms with E-state index >= 15 is 0 Å². The van der Waals surface area contributed by atoms with Gasteiger partial charge in [0.2, 0.25) is 17.7 Å². The number of imide groups is 1. The molecule has 2 heterocycles. The predicted octanol–water partition coefficient (Wildman–Crippen LogP) is 2.70. The summed E-state index contributed by atoms with van der Waals surface area (Å²) in [5, 5.41) is 2.78. The largest absolute Gasteiger partial charge is 0.497 e. The Hall–Kier alpha value is -2.74. The fourth-order valence-corrected chi connectivity index (χ4v) is 4.49. The molecule has 154 valence electrons. The number of carbonyl (C=O) groups excluding carboxylic acids is 3. The SMILES string of the molecule is COc1ccc([C@@]2(CC(=O)N(C)[C@H](C)c3nc(C)cs3)CC(=O)N(C)C2=O)cc1. The van der Waals surface area contributed by atoms with Crippen molar-refractivity contribution in [2.75, 3.05) is 21.2 Å². The van der Waals surface area contributed by atoms with E-state index in [0.717, 1.165) is 15.6 Å². The lowest BCUT2D eigenvalue weighted by Crippen LogP contribution is -2.42. The summed E-state index contributed by atoms with van der Waals surface area (Å²) in [5.74, 6) is -0.208. The lowest BCUT2D eigenvalue weighted by molar-refractivity contribution is -0.141. The number of nitrogens with zero attached hydrogens (tertiary/aromatic N) is 3. The third-order valence-corrected chi connectivity index (χ3v) is 6.74. The number of benzene rings is 1. The number of rotatable bonds is 6. The average molecular weight is 416 g/mol. The second-order valence-electron chi connectivity index (χ2n) is 7.43. The normalized spacial score (nSPS) is 20.1. The number of thiazole rings is 1. The predicted molar refractivity (Wildman–Crippen MR) is 110 cm³/mol. The second kappa shape index (κ2) is 7.94. The van der Waals surface area contributed by atoms with Gasteiger partial charge in [-0.1, -0.05) is 12.1 Å². The van der Waals surface area contributed by atoms with Gasteiger partial charge in [0.25, 0.3) is 0 Å². The summed E-state index contributed by atoms with van der Waals surface area (Å²) < 4.78 is 5.19. The van der Waals surface area contributed by atoms with E-state index in [0.29, 0.717) is 11.3 Å². The van der Waals surface area contributed by atoms with Crippen LogP contribution in [-0.2, 0) is 19.8 Å². The van der Waals surface area contributed by atoms with E-state index < -0.39 is 5.41 Å². The number of amides is 3. The van der Waals surface area contributed by atoms with Crippen LogP contribution in [0, 0.1) is 6.92 Å². The number of aryl methyl sites for hydroxylation is 1. The molecule has 3 rings (SSSR count). The summed E-state index contributed by atoms with van der Waals surface area (Å²) >= 11 is 1.50. The standard InChI is InChI=1S/C21H25N3O4S/c1-13-12-29-19(22-13)14(2)23(3)17(25)10-21(11-18(26)24(4)20(21)27)15-6-8-16(28-5)9-7-15/h6-9,12,14H,10-11H2,1-5H3/t14-,21-/m1/s1. The van der Waals surface area contributed by atoms with Crippen LogP contribution in [0.25, 0.3) is 0 Å². The van der Waals surface area contributed by atoms with Gasteiger partial charge in [-0.25, -0.2) is 4.98 Å². The Bertz CT molecular complexity index is 940. The van der Waals surface area contributed by atoms with E-state index in [1.54, 1.807) is 43.3 Å². The molecular formula is C21H25N3O4S. The van der Waals surface area contributed by atoms with E-state index in [-0.39, 0.29) is 36.6 Å². The van der Waals surface area contributed by atoms with Gasteiger partial charge >= 0.3 is 0 Å². The summed E-state index contributed by atoms with van der Waals surface area (Å²) in [6.07, 6.45) is -0.113. The van der Waals surface area contributed by atoms with Crippen LogP contribution in [0.15, 0.2) is 29.6 Å². The highest BCUT2D eigenvalue weighted by Gasteiger charge is 2.53. The summed E-state index contributed by atoms with van der Waals surface area (Å²) in [4.78, 5) is 45.8. The molecule has 0 saturated carbocycles. The van der Waals surface area contributed by atoms with Crippen molar-refractivity contribution < 1.29 is 19.1 Å². The van der Waals surface area contributed by atoms with Crippen LogP contribution < -0.4 is 4.74 Å². The molecule has 2 aromatic rings. The van der Waals surface area contributed by atoms with E-state index in [1.807, 2.05) is 19.2 Å². The minimum Gasteiger partial charge on any atom is -0.497 e. The maximum atomic E-state index is 13.2. The lowest BCUT2D eigenvalue weighted by atomic mass is 9.75. The van der Waals surface area contributed by atoms with E-state index in [1.165, 1.54) is 18.4 Å². The topological polar surface area (TPSA) is 79.8 Å². The van der Waals surface area contributed by atoms with E-state index in [4.69, 9.17) is 4.74 Å². The third kappa shape index (κ3) is 3.76. The molecule has 3 amide bonds. The molecule has 7 nitrogen and oxygen atoms in total. The molecular weight excluding hydrogens is 390 g/mol. The molecule has 0 N–H and O–H groups in total. The van der Waals surface area contributed by atoms with Gasteiger partial charge in [0.1, 0.15) is 10.8 Å². The first-order chi connectivity index (χ1) is 13.7. The molecule has 2 atom stereocenters. The molecule has 1 aliphatic heterocycles. The highest BCUT2D eigenvalue weighted by Crippen LogP contribution is 2.40. The van der Waals surface area contributed by atoms with Gasteiger partial charge in [0, 0.05) is 38.0 Å². The van der Waals surface area contributed by atoms with Crippen LogP contribution in [-0.4, -0.2) is 53.7 Å². The van der Waals surface area contributed by atoms with Crippen molar-refractivity contribution in [1.82, 2.24) is 14.8 Å². The molecule has 1 aromatic carbocycles. The van der Waals surface area contributed by atoms with Crippen molar-refractivity contribution in [1.29, 1.82) is 0 Å². The third-order valence-electron chi connectivity index (χ3n) is 5.61. The highest BCUT2D eigenvalue weighted by atomic mass is 32.1. The smallest absolute Gasteiger partial charge is 0.240 e.